The highest BCUT2D eigenvalue weighted by atomic mass is 16.4. The highest BCUT2D eigenvalue weighted by Crippen LogP contribution is 2.30. The van der Waals surface area contributed by atoms with E-state index in [9.17, 15) is 0 Å². The van der Waals surface area contributed by atoms with Crippen molar-refractivity contribution in [2.45, 2.75) is 32.2 Å². The molecule has 9 heteroatoms. The molecule has 2 fully saturated rings. The van der Waals surface area contributed by atoms with Crippen LogP contribution >= 0.6 is 0 Å². The lowest BCUT2D eigenvalue weighted by Crippen LogP contribution is -2.42. The molecular weight excluding hydrogens is 416 g/mol. The molecule has 6 rings (SSSR count). The number of aromatic nitrogens is 5. The van der Waals surface area contributed by atoms with Gasteiger partial charge in [0.25, 0.3) is 0 Å². The Morgan fingerprint density at radius 2 is 2.00 bits per heavy atom. The van der Waals surface area contributed by atoms with Gasteiger partial charge in [0.05, 0.1) is 11.0 Å². The van der Waals surface area contributed by atoms with Gasteiger partial charge in [0.15, 0.2) is 0 Å². The van der Waals surface area contributed by atoms with Crippen molar-refractivity contribution in [2.24, 2.45) is 5.92 Å². The topological polar surface area (TPSA) is 108 Å². The summed E-state index contributed by atoms with van der Waals surface area (Å²) in [5.41, 5.74) is 3.90. The average molecular weight is 445 g/mol. The molecule has 1 aromatic carbocycles. The molecular formula is C24H28N8O. The minimum atomic E-state index is 0.553. The Morgan fingerprint density at radius 3 is 2.85 bits per heavy atom. The van der Waals surface area contributed by atoms with Gasteiger partial charge in [0.2, 0.25) is 17.7 Å². The van der Waals surface area contributed by atoms with Gasteiger partial charge in [-0.1, -0.05) is 6.42 Å². The summed E-state index contributed by atoms with van der Waals surface area (Å²) >= 11 is 0. The van der Waals surface area contributed by atoms with Gasteiger partial charge in [0.1, 0.15) is 5.82 Å². The Morgan fingerprint density at radius 1 is 1.09 bits per heavy atom. The maximum atomic E-state index is 5.91. The fraction of sp³-hybridized carbons (Fsp3) is 0.417. The number of aromatic amines is 1. The number of nitrogens with zero attached hydrogens (tertiary/aromatic N) is 5. The van der Waals surface area contributed by atoms with Gasteiger partial charge in [0, 0.05) is 50.9 Å². The molecule has 0 spiro atoms. The predicted molar refractivity (Wildman–Crippen MR) is 126 cm³/mol. The zero-order chi connectivity index (χ0) is 22.0. The van der Waals surface area contributed by atoms with Gasteiger partial charge >= 0.3 is 0 Å². The van der Waals surface area contributed by atoms with Crippen LogP contribution in [0.1, 0.15) is 30.7 Å². The fourth-order valence-electron chi connectivity index (χ4n) is 4.49. The summed E-state index contributed by atoms with van der Waals surface area (Å²) in [6.45, 7) is 5.15. The van der Waals surface area contributed by atoms with Crippen LogP contribution in [0.15, 0.2) is 40.9 Å². The molecule has 1 saturated heterocycles. The minimum absolute atomic E-state index is 0.553. The largest absolute Gasteiger partial charge is 0.421 e. The lowest BCUT2D eigenvalue weighted by molar-refractivity contribution is 0.233. The zero-order valence-electron chi connectivity index (χ0n) is 18.5. The number of rotatable bonds is 7. The second-order valence-electron chi connectivity index (χ2n) is 9.02. The van der Waals surface area contributed by atoms with E-state index in [-0.39, 0.29) is 0 Å². The van der Waals surface area contributed by atoms with E-state index >= 15 is 0 Å². The van der Waals surface area contributed by atoms with E-state index in [1.54, 1.807) is 0 Å². The highest BCUT2D eigenvalue weighted by molar-refractivity contribution is 5.82. The Bertz CT molecular complexity index is 1240. The summed E-state index contributed by atoms with van der Waals surface area (Å²) in [6.07, 6.45) is 6.57. The maximum Gasteiger partial charge on any atom is 0.247 e. The van der Waals surface area contributed by atoms with Crippen LogP contribution in [0, 0.1) is 5.92 Å². The maximum absolute atomic E-state index is 5.91. The third-order valence-electron chi connectivity index (χ3n) is 6.57. The molecule has 4 aromatic rings. The molecule has 1 saturated carbocycles. The summed E-state index contributed by atoms with van der Waals surface area (Å²) in [5, 5.41) is 15.2. The first kappa shape index (κ1) is 20.3. The molecule has 2 aliphatic rings. The molecule has 4 heterocycles. The van der Waals surface area contributed by atoms with Crippen molar-refractivity contribution in [1.29, 1.82) is 0 Å². The van der Waals surface area contributed by atoms with Crippen LogP contribution in [0.4, 0.5) is 11.8 Å². The normalized spacial score (nSPS) is 17.3. The summed E-state index contributed by atoms with van der Waals surface area (Å²) in [4.78, 5) is 14.9. The predicted octanol–water partition coefficient (Wildman–Crippen LogP) is 3.50. The highest BCUT2D eigenvalue weighted by Gasteiger charge is 2.21. The standard InChI is InChI=1S/C24H28N8O/c1-2-16(3-1)13-22-30-31-23(33-22)18-4-5-19-20(14-18)28-24(27-19)29-21-12-17(6-7-26-21)15-32-10-8-25-9-11-32/h4-7,12,14,16,25H,1-3,8-11,13,15H2,(H2,26,27,28,29). The van der Waals surface area contributed by atoms with Crippen LogP contribution in [-0.2, 0) is 13.0 Å². The summed E-state index contributed by atoms with van der Waals surface area (Å²) in [6, 6.07) is 10.1. The number of H-pyrrole nitrogens is 1. The van der Waals surface area contributed by atoms with Crippen molar-refractivity contribution in [3.8, 4) is 11.5 Å². The molecule has 0 amide bonds. The van der Waals surface area contributed by atoms with E-state index in [1.165, 1.54) is 24.8 Å². The third-order valence-corrected chi connectivity index (χ3v) is 6.57. The Balaban J connectivity index is 1.16. The minimum Gasteiger partial charge on any atom is -0.421 e. The molecule has 0 radical (unpaired) electrons. The summed E-state index contributed by atoms with van der Waals surface area (Å²) < 4.78 is 5.91. The quantitative estimate of drug-likeness (QED) is 0.398. The first-order valence-electron chi connectivity index (χ1n) is 11.8. The Kier molecular flexibility index (Phi) is 5.49. The first-order chi connectivity index (χ1) is 16.3. The molecule has 9 nitrogen and oxygen atoms in total. The fourth-order valence-corrected chi connectivity index (χ4v) is 4.49. The smallest absolute Gasteiger partial charge is 0.247 e. The number of fused-ring (bicyclic) bond motifs is 1. The molecule has 3 N–H and O–H groups in total. The van der Waals surface area contributed by atoms with Crippen LogP contribution in [0.3, 0.4) is 0 Å². The number of pyridine rings is 1. The van der Waals surface area contributed by atoms with E-state index < -0.39 is 0 Å². The molecule has 1 aliphatic heterocycles. The zero-order valence-corrected chi connectivity index (χ0v) is 18.5. The van der Waals surface area contributed by atoms with Crippen LogP contribution in [0.5, 0.6) is 0 Å². The number of hydrogen-bond donors (Lipinski definition) is 3. The van der Waals surface area contributed by atoms with Gasteiger partial charge in [-0.05, 0) is 54.7 Å². The van der Waals surface area contributed by atoms with Crippen molar-refractivity contribution in [3.05, 3.63) is 48.0 Å². The Hall–Kier alpha value is -3.30. The van der Waals surface area contributed by atoms with Crippen molar-refractivity contribution in [2.75, 3.05) is 31.5 Å². The molecule has 0 bridgehead atoms. The summed E-state index contributed by atoms with van der Waals surface area (Å²) in [7, 11) is 0. The van der Waals surface area contributed by atoms with Gasteiger partial charge in [-0.2, -0.15) is 0 Å². The van der Waals surface area contributed by atoms with E-state index in [4.69, 9.17) is 4.42 Å². The molecule has 33 heavy (non-hydrogen) atoms. The number of hydrogen-bond acceptors (Lipinski definition) is 8. The van der Waals surface area contributed by atoms with Crippen LogP contribution in [-0.4, -0.2) is 56.2 Å². The first-order valence-corrected chi connectivity index (χ1v) is 11.8. The van der Waals surface area contributed by atoms with Crippen molar-refractivity contribution < 1.29 is 4.42 Å². The van der Waals surface area contributed by atoms with Crippen molar-refractivity contribution >= 4 is 22.8 Å². The van der Waals surface area contributed by atoms with E-state index in [1.807, 2.05) is 24.4 Å². The number of anilines is 2. The van der Waals surface area contributed by atoms with Gasteiger partial charge < -0.3 is 20.0 Å². The van der Waals surface area contributed by atoms with Crippen LogP contribution in [0.2, 0.25) is 0 Å². The molecule has 170 valence electrons. The number of nitrogens with one attached hydrogen (secondary N) is 3. The third kappa shape index (κ3) is 4.60. The number of imidazole rings is 1. The summed E-state index contributed by atoms with van der Waals surface area (Å²) in [5.74, 6) is 3.42. The molecule has 0 unspecified atom stereocenters. The second-order valence-corrected chi connectivity index (χ2v) is 9.02. The average Bonchev–Trinajstić information content (AvgIpc) is 3.43. The lowest BCUT2D eigenvalue weighted by Gasteiger charge is -2.27. The lowest BCUT2D eigenvalue weighted by atomic mass is 9.83. The second kappa shape index (κ2) is 8.92. The van der Waals surface area contributed by atoms with Gasteiger partial charge in [-0.15, -0.1) is 10.2 Å². The Labute approximate surface area is 192 Å². The van der Waals surface area contributed by atoms with Crippen molar-refractivity contribution in [1.82, 2.24) is 35.4 Å². The number of benzene rings is 1. The van der Waals surface area contributed by atoms with Crippen LogP contribution in [0.25, 0.3) is 22.5 Å². The molecule has 3 aromatic heterocycles. The molecule has 0 atom stereocenters. The van der Waals surface area contributed by atoms with E-state index in [0.29, 0.717) is 17.8 Å². The van der Waals surface area contributed by atoms with Gasteiger partial charge in [-0.25, -0.2) is 9.97 Å². The van der Waals surface area contributed by atoms with Gasteiger partial charge in [-0.3, -0.25) is 4.90 Å². The van der Waals surface area contributed by atoms with Crippen LogP contribution < -0.4 is 10.6 Å². The SMILES string of the molecule is c1cc(CN2CCNCC2)cc(Nc2nc3ccc(-c4nnc(CC5CCC5)o4)cc3[nH]2)n1. The van der Waals surface area contributed by atoms with E-state index in [0.717, 1.165) is 67.5 Å². The van der Waals surface area contributed by atoms with Crippen molar-refractivity contribution in [3.63, 3.8) is 0 Å². The monoisotopic (exact) mass is 444 g/mol. The molecule has 1 aliphatic carbocycles. The van der Waals surface area contributed by atoms with E-state index in [2.05, 4.69) is 52.8 Å². The number of piperazine rings is 1.